The van der Waals surface area contributed by atoms with E-state index in [1.807, 2.05) is 24.3 Å². The monoisotopic (exact) mass is 446 g/mol. The molecule has 5 aliphatic rings. The predicted molar refractivity (Wildman–Crippen MR) is 119 cm³/mol. The van der Waals surface area contributed by atoms with Gasteiger partial charge in [-0.25, -0.2) is 0 Å². The maximum Gasteiger partial charge on any atom is 0.312 e. The van der Waals surface area contributed by atoms with Crippen LogP contribution in [0.15, 0.2) is 24.3 Å². The summed E-state index contributed by atoms with van der Waals surface area (Å²) in [7, 11) is 0. The molecular formula is C24H31ClN2O4. The minimum absolute atomic E-state index is 0.239. The Kier molecular flexibility index (Phi) is 5.41. The van der Waals surface area contributed by atoms with E-state index in [-0.39, 0.29) is 16.8 Å². The molecule has 31 heavy (non-hydrogen) atoms. The van der Waals surface area contributed by atoms with Crippen molar-refractivity contribution in [1.82, 2.24) is 0 Å². The molecule has 4 aliphatic carbocycles. The second kappa shape index (κ2) is 7.96. The molecule has 168 valence electrons. The van der Waals surface area contributed by atoms with Gasteiger partial charge in [0.2, 0.25) is 0 Å². The molecule has 1 aliphatic heterocycles. The molecule has 6 nitrogen and oxygen atoms in total. The third kappa shape index (κ3) is 4.17. The van der Waals surface area contributed by atoms with Gasteiger partial charge in [0, 0.05) is 29.3 Å². The minimum atomic E-state index is -0.842. The number of hydrogen-bond donors (Lipinski definition) is 1. The van der Waals surface area contributed by atoms with E-state index in [0.717, 1.165) is 57.7 Å². The van der Waals surface area contributed by atoms with E-state index in [9.17, 15) is 9.59 Å². The van der Waals surface area contributed by atoms with Crippen LogP contribution in [0, 0.1) is 17.3 Å². The molecule has 1 aromatic rings. The van der Waals surface area contributed by atoms with Crippen LogP contribution in [-0.4, -0.2) is 49.2 Å². The summed E-state index contributed by atoms with van der Waals surface area (Å²) in [6.07, 6.45) is 4.76. The van der Waals surface area contributed by atoms with E-state index in [1.54, 1.807) is 6.92 Å². The minimum Gasteiger partial charge on any atom is -0.452 e. The van der Waals surface area contributed by atoms with Crippen LogP contribution in [0.1, 0.15) is 45.4 Å². The lowest BCUT2D eigenvalue weighted by Gasteiger charge is -2.58. The Labute approximate surface area is 188 Å². The Hall–Kier alpha value is -1.79. The number of hydrogen-bond acceptors (Lipinski definition) is 5. The van der Waals surface area contributed by atoms with Crippen LogP contribution >= 0.6 is 11.6 Å². The molecule has 0 spiro atoms. The van der Waals surface area contributed by atoms with Gasteiger partial charge in [-0.3, -0.25) is 9.59 Å². The Balaban J connectivity index is 1.18. The van der Waals surface area contributed by atoms with Gasteiger partial charge in [0.05, 0.1) is 18.6 Å². The lowest BCUT2D eigenvalue weighted by atomic mass is 9.49. The van der Waals surface area contributed by atoms with Crippen LogP contribution in [0.5, 0.6) is 0 Å². The summed E-state index contributed by atoms with van der Waals surface area (Å²) < 4.78 is 11.1. The van der Waals surface area contributed by atoms with Gasteiger partial charge in [-0.05, 0) is 81.5 Å². The van der Waals surface area contributed by atoms with Crippen molar-refractivity contribution >= 4 is 34.9 Å². The molecule has 3 atom stereocenters. The number of nitrogens with one attached hydrogen (secondary N) is 1. The van der Waals surface area contributed by atoms with Crippen molar-refractivity contribution in [2.45, 2.75) is 56.4 Å². The number of carbonyl (C=O) groups excluding carboxylic acids is 2. The van der Waals surface area contributed by atoms with E-state index in [0.29, 0.717) is 23.9 Å². The fourth-order valence-corrected chi connectivity index (χ4v) is 7.24. The summed E-state index contributed by atoms with van der Waals surface area (Å²) in [6.45, 7) is 4.84. The quantitative estimate of drug-likeness (QED) is 0.547. The third-order valence-electron chi connectivity index (χ3n) is 7.59. The van der Waals surface area contributed by atoms with E-state index in [2.05, 4.69) is 10.2 Å². The van der Waals surface area contributed by atoms with Crippen molar-refractivity contribution in [1.29, 1.82) is 0 Å². The number of carbonyl (C=O) groups is 2. The van der Waals surface area contributed by atoms with Crippen molar-refractivity contribution in [3.05, 3.63) is 24.3 Å². The highest BCUT2D eigenvalue weighted by Crippen LogP contribution is 2.64. The fraction of sp³-hybridized carbons (Fsp3) is 0.667. The average molecular weight is 447 g/mol. The zero-order chi connectivity index (χ0) is 21.6. The van der Waals surface area contributed by atoms with E-state index in [4.69, 9.17) is 21.1 Å². The zero-order valence-electron chi connectivity index (χ0n) is 18.1. The van der Waals surface area contributed by atoms with Crippen LogP contribution in [0.3, 0.4) is 0 Å². The first-order valence-corrected chi connectivity index (χ1v) is 11.9. The van der Waals surface area contributed by atoms with Crippen molar-refractivity contribution in [3.8, 4) is 0 Å². The maximum atomic E-state index is 13.1. The molecule has 1 saturated heterocycles. The summed E-state index contributed by atoms with van der Waals surface area (Å²) in [4.78, 5) is 27.8. The molecule has 7 heteroatoms. The van der Waals surface area contributed by atoms with Crippen molar-refractivity contribution in [2.24, 2.45) is 17.3 Å². The van der Waals surface area contributed by atoms with Crippen LogP contribution in [0.25, 0.3) is 0 Å². The summed E-state index contributed by atoms with van der Waals surface area (Å²) in [5.41, 5.74) is 1.30. The first-order valence-electron chi connectivity index (χ1n) is 11.5. The van der Waals surface area contributed by atoms with Gasteiger partial charge in [-0.1, -0.05) is 0 Å². The first-order chi connectivity index (χ1) is 14.8. The third-order valence-corrected chi connectivity index (χ3v) is 8.03. The van der Waals surface area contributed by atoms with Crippen LogP contribution in [-0.2, 0) is 19.1 Å². The highest BCUT2D eigenvalue weighted by molar-refractivity contribution is 6.24. The highest BCUT2D eigenvalue weighted by Gasteiger charge is 2.61. The molecule has 1 aromatic carbocycles. The highest BCUT2D eigenvalue weighted by atomic mass is 35.5. The Bertz CT molecular complexity index is 838. The van der Waals surface area contributed by atoms with E-state index in [1.165, 1.54) is 6.42 Å². The van der Waals surface area contributed by atoms with Crippen LogP contribution in [0.4, 0.5) is 11.4 Å². The van der Waals surface area contributed by atoms with Crippen LogP contribution in [0.2, 0.25) is 0 Å². The standard InChI is InChI=1S/C24H31ClN2O4/c1-16(21(28)26-19-2-4-20(5-3-19)27-6-8-30-9-7-27)31-22(29)23-11-17-10-18(12-23)14-24(25,13-17)15-23/h2-5,16-18H,6-15H2,1H3,(H,26,28). The first kappa shape index (κ1) is 21.1. The van der Waals surface area contributed by atoms with Crippen LogP contribution < -0.4 is 10.2 Å². The second-order valence-corrected chi connectivity index (χ2v) is 10.9. The lowest BCUT2D eigenvalue weighted by Crippen LogP contribution is -2.57. The summed E-state index contributed by atoms with van der Waals surface area (Å²) >= 11 is 6.84. The summed E-state index contributed by atoms with van der Waals surface area (Å²) in [6, 6.07) is 7.75. The molecule has 1 amide bonds. The van der Waals surface area contributed by atoms with E-state index >= 15 is 0 Å². The number of halogens is 1. The number of rotatable bonds is 5. The van der Waals surface area contributed by atoms with Gasteiger partial charge >= 0.3 is 5.97 Å². The van der Waals surface area contributed by atoms with E-state index < -0.39 is 11.5 Å². The molecule has 1 N–H and O–H groups in total. The Morgan fingerprint density at radius 2 is 1.77 bits per heavy atom. The van der Waals surface area contributed by atoms with Gasteiger partial charge in [0.25, 0.3) is 5.91 Å². The van der Waals surface area contributed by atoms with Gasteiger partial charge < -0.3 is 19.7 Å². The van der Waals surface area contributed by atoms with Crippen molar-refractivity contribution in [2.75, 3.05) is 36.5 Å². The van der Waals surface area contributed by atoms with Gasteiger partial charge in [0.15, 0.2) is 6.10 Å². The smallest absolute Gasteiger partial charge is 0.312 e. The zero-order valence-corrected chi connectivity index (χ0v) is 18.8. The molecule has 4 bridgehead atoms. The number of benzene rings is 1. The maximum absolute atomic E-state index is 13.1. The molecule has 4 saturated carbocycles. The fourth-order valence-electron chi connectivity index (χ4n) is 6.55. The number of nitrogens with zero attached hydrogens (tertiary/aromatic N) is 1. The SMILES string of the molecule is CC(OC(=O)C12CC3CC(CC(Cl)(C3)C1)C2)C(=O)Nc1ccc(N2CCOCC2)cc1. The number of anilines is 2. The largest absolute Gasteiger partial charge is 0.452 e. The molecule has 0 radical (unpaired) electrons. The molecule has 5 fully saturated rings. The van der Waals surface area contributed by atoms with Gasteiger partial charge in [-0.15, -0.1) is 11.6 Å². The van der Waals surface area contributed by atoms with Crippen molar-refractivity contribution < 1.29 is 19.1 Å². The summed E-state index contributed by atoms with van der Waals surface area (Å²) in [5.74, 6) is 0.482. The topological polar surface area (TPSA) is 67.9 Å². The number of alkyl halides is 1. The molecular weight excluding hydrogens is 416 g/mol. The Morgan fingerprint density at radius 3 is 2.39 bits per heavy atom. The van der Waals surface area contributed by atoms with Gasteiger partial charge in [0.1, 0.15) is 0 Å². The normalized spacial score (nSPS) is 35.0. The second-order valence-electron chi connectivity index (χ2n) is 10.1. The molecule has 6 rings (SSSR count). The number of morpholine rings is 1. The summed E-state index contributed by atoms with van der Waals surface area (Å²) in [5, 5.41) is 2.87. The lowest BCUT2D eigenvalue weighted by molar-refractivity contribution is -0.176. The average Bonchev–Trinajstić information content (AvgIpc) is 2.73. The Morgan fingerprint density at radius 1 is 1.13 bits per heavy atom. The number of esters is 1. The number of amides is 1. The molecule has 3 unspecified atom stereocenters. The molecule has 1 heterocycles. The number of ether oxygens (including phenoxy) is 2. The van der Waals surface area contributed by atoms with Gasteiger partial charge in [-0.2, -0.15) is 0 Å². The van der Waals surface area contributed by atoms with Crippen molar-refractivity contribution in [3.63, 3.8) is 0 Å². The molecule has 0 aromatic heterocycles. The predicted octanol–water partition coefficient (Wildman–Crippen LogP) is 3.97.